The molecule has 0 bridgehead atoms. The molecule has 2 aromatic rings. The Labute approximate surface area is 162 Å². The van der Waals surface area contributed by atoms with Gasteiger partial charge in [0.25, 0.3) is 0 Å². The normalized spacial score (nSPS) is 17.1. The van der Waals surface area contributed by atoms with Crippen molar-refractivity contribution in [3.05, 3.63) is 23.6 Å². The average molecular weight is 385 g/mol. The molecule has 9 heteroatoms. The van der Waals surface area contributed by atoms with E-state index in [1.807, 2.05) is 23.6 Å². The first-order valence-electron chi connectivity index (χ1n) is 9.14. The first kappa shape index (κ1) is 17.7. The van der Waals surface area contributed by atoms with Gasteiger partial charge in [0.2, 0.25) is 0 Å². The van der Waals surface area contributed by atoms with Gasteiger partial charge in [-0.25, -0.2) is 9.97 Å². The molecule has 0 spiro atoms. The van der Waals surface area contributed by atoms with E-state index >= 15 is 0 Å². The first-order valence-corrected chi connectivity index (χ1v) is 10.0. The lowest BCUT2D eigenvalue weighted by atomic mass is 10.1. The first-order chi connectivity index (χ1) is 13.3. The third-order valence-corrected chi connectivity index (χ3v) is 5.27. The zero-order chi connectivity index (χ0) is 18.5. The monoisotopic (exact) mass is 385 g/mol. The molecule has 2 aromatic heterocycles. The number of oxime groups is 1. The number of hydrogen-bond donors (Lipinski definition) is 2. The third kappa shape index (κ3) is 4.36. The van der Waals surface area contributed by atoms with Gasteiger partial charge in [-0.15, -0.1) is 11.3 Å². The Bertz CT molecular complexity index is 838. The van der Waals surface area contributed by atoms with E-state index in [9.17, 15) is 0 Å². The molecule has 0 atom stereocenters. The standard InChI is InChI=1S/C18H23N7OS/c1-26-24-13-6-10-25(11-7-13)16-5-2-4-14(21-16)15-12-27-18(22-15)23-17-19-8-3-9-20-17/h2,4-5,12H,3,6-11H2,1H3,(H2,19,20,22,23). The number of piperidine rings is 1. The van der Waals surface area contributed by atoms with Gasteiger partial charge >= 0.3 is 0 Å². The molecule has 0 saturated carbocycles. The lowest BCUT2D eigenvalue weighted by Gasteiger charge is -2.28. The molecule has 0 radical (unpaired) electrons. The Morgan fingerprint density at radius 1 is 1.22 bits per heavy atom. The maximum atomic E-state index is 4.88. The summed E-state index contributed by atoms with van der Waals surface area (Å²) < 4.78 is 0. The van der Waals surface area contributed by atoms with Crippen LogP contribution in [0.3, 0.4) is 0 Å². The molecule has 8 nitrogen and oxygen atoms in total. The molecule has 0 aliphatic carbocycles. The summed E-state index contributed by atoms with van der Waals surface area (Å²) in [5.41, 5.74) is 2.87. The van der Waals surface area contributed by atoms with Crippen molar-refractivity contribution < 1.29 is 4.84 Å². The smallest absolute Gasteiger partial charge is 0.197 e. The molecule has 2 aliphatic heterocycles. The summed E-state index contributed by atoms with van der Waals surface area (Å²) in [4.78, 5) is 21.1. The predicted molar refractivity (Wildman–Crippen MR) is 110 cm³/mol. The summed E-state index contributed by atoms with van der Waals surface area (Å²) in [6.45, 7) is 3.59. The second kappa shape index (κ2) is 8.34. The molecule has 4 heterocycles. The third-order valence-electron chi connectivity index (χ3n) is 4.51. The minimum Gasteiger partial charge on any atom is -0.399 e. The number of guanidine groups is 1. The van der Waals surface area contributed by atoms with Crippen LogP contribution in [-0.2, 0) is 4.84 Å². The lowest BCUT2D eigenvalue weighted by Crippen LogP contribution is -2.35. The fraction of sp³-hybridized carbons (Fsp3) is 0.444. The minimum absolute atomic E-state index is 0.797. The highest BCUT2D eigenvalue weighted by molar-refractivity contribution is 7.14. The number of rotatable bonds is 4. The minimum atomic E-state index is 0.797. The second-order valence-electron chi connectivity index (χ2n) is 6.38. The van der Waals surface area contributed by atoms with Crippen LogP contribution in [0.5, 0.6) is 0 Å². The number of anilines is 2. The van der Waals surface area contributed by atoms with Gasteiger partial charge in [0.1, 0.15) is 18.6 Å². The van der Waals surface area contributed by atoms with Crippen molar-refractivity contribution >= 4 is 34.0 Å². The van der Waals surface area contributed by atoms with E-state index < -0.39 is 0 Å². The zero-order valence-corrected chi connectivity index (χ0v) is 16.1. The van der Waals surface area contributed by atoms with Gasteiger partial charge < -0.3 is 20.4 Å². The summed E-state index contributed by atoms with van der Waals surface area (Å²) in [6.07, 6.45) is 2.87. The second-order valence-corrected chi connectivity index (χ2v) is 7.24. The number of thiazole rings is 1. The summed E-state index contributed by atoms with van der Waals surface area (Å²) in [5.74, 6) is 1.77. The number of aliphatic imine (C=N–C) groups is 1. The van der Waals surface area contributed by atoms with E-state index in [4.69, 9.17) is 9.82 Å². The van der Waals surface area contributed by atoms with Crippen molar-refractivity contribution in [3.8, 4) is 11.4 Å². The van der Waals surface area contributed by atoms with Crippen LogP contribution in [0.25, 0.3) is 11.4 Å². The Balaban J connectivity index is 1.45. The van der Waals surface area contributed by atoms with Crippen LogP contribution >= 0.6 is 11.3 Å². The van der Waals surface area contributed by atoms with Crippen LogP contribution in [-0.4, -0.2) is 54.9 Å². The highest BCUT2D eigenvalue weighted by Crippen LogP contribution is 2.26. The zero-order valence-electron chi connectivity index (χ0n) is 15.3. The summed E-state index contributed by atoms with van der Waals surface area (Å²) in [5, 5.41) is 13.4. The predicted octanol–water partition coefficient (Wildman–Crippen LogP) is 2.57. The van der Waals surface area contributed by atoms with Gasteiger partial charge in [0.05, 0.1) is 11.4 Å². The van der Waals surface area contributed by atoms with Crippen LogP contribution in [0.15, 0.2) is 33.7 Å². The SMILES string of the molecule is CON=C1CCN(c2cccc(-c3csc(NC4=NCCCN4)n3)n2)CC1. The Morgan fingerprint density at radius 3 is 2.89 bits per heavy atom. The molecular formula is C18H23N7OS. The molecule has 2 N–H and O–H groups in total. The van der Waals surface area contributed by atoms with Gasteiger partial charge in [-0.2, -0.15) is 0 Å². The van der Waals surface area contributed by atoms with Crippen LogP contribution in [0.2, 0.25) is 0 Å². The maximum Gasteiger partial charge on any atom is 0.197 e. The van der Waals surface area contributed by atoms with Gasteiger partial charge in [-0.1, -0.05) is 11.2 Å². The van der Waals surface area contributed by atoms with E-state index in [1.165, 1.54) is 0 Å². The summed E-state index contributed by atoms with van der Waals surface area (Å²) in [7, 11) is 1.60. The Morgan fingerprint density at radius 2 is 2.11 bits per heavy atom. The van der Waals surface area contributed by atoms with Gasteiger partial charge in [-0.05, 0) is 18.6 Å². The van der Waals surface area contributed by atoms with Gasteiger partial charge in [-0.3, -0.25) is 4.99 Å². The molecule has 0 unspecified atom stereocenters. The van der Waals surface area contributed by atoms with E-state index in [0.717, 1.165) is 79.5 Å². The Kier molecular flexibility index (Phi) is 5.47. The van der Waals surface area contributed by atoms with Gasteiger partial charge in [0.15, 0.2) is 11.1 Å². The fourth-order valence-corrected chi connectivity index (χ4v) is 3.83. The van der Waals surface area contributed by atoms with Crippen LogP contribution in [0, 0.1) is 0 Å². The van der Waals surface area contributed by atoms with E-state index in [2.05, 4.69) is 30.7 Å². The lowest BCUT2D eigenvalue weighted by molar-refractivity contribution is 0.211. The van der Waals surface area contributed by atoms with E-state index in [-0.39, 0.29) is 0 Å². The quantitative estimate of drug-likeness (QED) is 0.787. The van der Waals surface area contributed by atoms with Crippen LogP contribution in [0.1, 0.15) is 19.3 Å². The summed E-state index contributed by atoms with van der Waals surface area (Å²) >= 11 is 1.56. The number of nitrogens with one attached hydrogen (secondary N) is 2. The van der Waals surface area contributed by atoms with Crippen LogP contribution in [0.4, 0.5) is 10.9 Å². The number of hydrogen-bond acceptors (Lipinski definition) is 9. The fourth-order valence-electron chi connectivity index (χ4n) is 3.12. The largest absolute Gasteiger partial charge is 0.399 e. The molecular weight excluding hydrogens is 362 g/mol. The van der Waals surface area contributed by atoms with E-state index in [1.54, 1.807) is 18.4 Å². The molecule has 1 fully saturated rings. The molecule has 0 amide bonds. The maximum absolute atomic E-state index is 4.88. The van der Waals surface area contributed by atoms with Gasteiger partial charge in [0, 0.05) is 44.4 Å². The highest BCUT2D eigenvalue weighted by atomic mass is 32.1. The van der Waals surface area contributed by atoms with Crippen molar-refractivity contribution in [3.63, 3.8) is 0 Å². The number of aromatic nitrogens is 2. The number of nitrogens with zero attached hydrogens (tertiary/aromatic N) is 5. The molecule has 2 aliphatic rings. The van der Waals surface area contributed by atoms with Crippen molar-refractivity contribution in [2.75, 3.05) is 43.5 Å². The van der Waals surface area contributed by atoms with Crippen molar-refractivity contribution in [2.24, 2.45) is 10.1 Å². The molecule has 1 saturated heterocycles. The average Bonchev–Trinajstić information content (AvgIpc) is 3.18. The van der Waals surface area contributed by atoms with Crippen LogP contribution < -0.4 is 15.5 Å². The highest BCUT2D eigenvalue weighted by Gasteiger charge is 2.18. The van der Waals surface area contributed by atoms with Crippen molar-refractivity contribution in [1.29, 1.82) is 0 Å². The molecule has 27 heavy (non-hydrogen) atoms. The number of pyridine rings is 1. The van der Waals surface area contributed by atoms with Crippen molar-refractivity contribution in [2.45, 2.75) is 19.3 Å². The Hall–Kier alpha value is -2.68. The van der Waals surface area contributed by atoms with E-state index in [0.29, 0.717) is 0 Å². The molecule has 142 valence electrons. The summed E-state index contributed by atoms with van der Waals surface area (Å²) in [6, 6.07) is 6.09. The molecule has 4 rings (SSSR count). The molecule has 0 aromatic carbocycles. The topological polar surface area (TPSA) is 87.0 Å². The van der Waals surface area contributed by atoms with Crippen molar-refractivity contribution in [1.82, 2.24) is 15.3 Å².